The van der Waals surface area contributed by atoms with Crippen LogP contribution in [-0.2, 0) is 19.9 Å². The zero-order valence-electron chi connectivity index (χ0n) is 11.2. The van der Waals surface area contributed by atoms with Crippen LogP contribution in [0, 0.1) is 0 Å². The Morgan fingerprint density at radius 1 is 1.37 bits per heavy atom. The lowest BCUT2D eigenvalue weighted by atomic mass is 10.1. The summed E-state index contributed by atoms with van der Waals surface area (Å²) in [4.78, 5) is 4.80. The van der Waals surface area contributed by atoms with Crippen LogP contribution in [0.15, 0.2) is 22.8 Å². The molecule has 0 aliphatic rings. The van der Waals surface area contributed by atoms with Crippen LogP contribution in [0.4, 0.5) is 0 Å². The maximum absolute atomic E-state index is 5.68. The molecule has 2 aromatic heterocycles. The maximum atomic E-state index is 5.68. The first kappa shape index (κ1) is 12.7. The minimum Gasteiger partial charge on any atom is -0.330 e. The van der Waals surface area contributed by atoms with E-state index in [0.717, 1.165) is 34.3 Å². The van der Waals surface area contributed by atoms with Gasteiger partial charge >= 0.3 is 0 Å². The highest BCUT2D eigenvalue weighted by Crippen LogP contribution is 2.28. The Balaban J connectivity index is 2.41. The molecule has 2 N–H and O–H groups in total. The Bertz CT molecular complexity index is 754. The van der Waals surface area contributed by atoms with E-state index in [1.807, 2.05) is 7.05 Å². The van der Waals surface area contributed by atoms with Crippen LogP contribution in [0.5, 0.6) is 0 Å². The number of hydrogen-bond donors (Lipinski definition) is 1. The summed E-state index contributed by atoms with van der Waals surface area (Å²) in [5, 5.41) is 0. The number of imidazole rings is 2. The molecule has 0 amide bonds. The summed E-state index contributed by atoms with van der Waals surface area (Å²) < 4.78 is 5.35. The van der Waals surface area contributed by atoms with Crippen molar-refractivity contribution < 1.29 is 0 Å². The molecule has 0 aliphatic heterocycles. The molecule has 0 radical (unpaired) electrons. The molecule has 4 nitrogen and oxygen atoms in total. The zero-order valence-corrected chi connectivity index (χ0v) is 12.7. The highest BCUT2D eigenvalue weighted by molar-refractivity contribution is 9.10. The van der Waals surface area contributed by atoms with Crippen LogP contribution < -0.4 is 5.73 Å². The predicted octanol–water partition coefficient (Wildman–Crippen LogP) is 2.65. The molecule has 3 aromatic rings. The van der Waals surface area contributed by atoms with Gasteiger partial charge in [-0.2, -0.15) is 0 Å². The summed E-state index contributed by atoms with van der Waals surface area (Å²) in [5.74, 6) is 0.964. The van der Waals surface area contributed by atoms with Crippen molar-refractivity contribution >= 4 is 32.7 Å². The number of halogens is 1. The van der Waals surface area contributed by atoms with Gasteiger partial charge in [-0.25, -0.2) is 4.98 Å². The average Bonchev–Trinajstić information content (AvgIpc) is 2.91. The number of nitrogens with two attached hydrogens (primary N) is 1. The second kappa shape index (κ2) is 4.65. The van der Waals surface area contributed by atoms with E-state index in [1.165, 1.54) is 11.3 Å². The number of aryl methyl sites for hydroxylation is 2. The Hall–Kier alpha value is -1.33. The number of hydrogen-bond acceptors (Lipinski definition) is 2. The van der Waals surface area contributed by atoms with Crippen LogP contribution in [0.2, 0.25) is 0 Å². The lowest BCUT2D eigenvalue weighted by Gasteiger charge is -2.02. The van der Waals surface area contributed by atoms with E-state index in [9.17, 15) is 0 Å². The van der Waals surface area contributed by atoms with Crippen molar-refractivity contribution in [2.45, 2.75) is 19.8 Å². The summed E-state index contributed by atoms with van der Waals surface area (Å²) in [6.45, 7) is 2.80. The summed E-state index contributed by atoms with van der Waals surface area (Å²) in [6, 6.07) is 6.35. The Morgan fingerprint density at radius 2 is 2.16 bits per heavy atom. The minimum absolute atomic E-state index is 0.637. The summed E-state index contributed by atoms with van der Waals surface area (Å²) in [6.07, 6.45) is 1.84. The molecule has 0 atom stereocenters. The first-order valence-corrected chi connectivity index (χ1v) is 7.31. The number of nitrogens with zero attached hydrogens (tertiary/aromatic N) is 3. The molecular formula is C14H17BrN4. The van der Waals surface area contributed by atoms with Gasteiger partial charge in [0.1, 0.15) is 4.60 Å². The third-order valence-electron chi connectivity index (χ3n) is 3.65. The smallest absolute Gasteiger partial charge is 0.215 e. The second-order valence-corrected chi connectivity index (χ2v) is 5.47. The minimum atomic E-state index is 0.637. The van der Waals surface area contributed by atoms with Crippen molar-refractivity contribution in [2.75, 3.05) is 6.54 Å². The van der Waals surface area contributed by atoms with Gasteiger partial charge in [0.2, 0.25) is 5.78 Å². The topological polar surface area (TPSA) is 48.2 Å². The van der Waals surface area contributed by atoms with Gasteiger partial charge in [0, 0.05) is 13.5 Å². The molecule has 0 aliphatic carbocycles. The quantitative estimate of drug-likeness (QED) is 0.806. The van der Waals surface area contributed by atoms with Gasteiger partial charge in [-0.1, -0.05) is 19.1 Å². The van der Waals surface area contributed by atoms with Crippen molar-refractivity contribution in [1.29, 1.82) is 0 Å². The van der Waals surface area contributed by atoms with E-state index >= 15 is 0 Å². The number of aromatic nitrogens is 3. The molecule has 0 spiro atoms. The molecule has 0 saturated carbocycles. The highest BCUT2D eigenvalue weighted by atomic mass is 79.9. The summed E-state index contributed by atoms with van der Waals surface area (Å²) >= 11 is 3.70. The van der Waals surface area contributed by atoms with E-state index in [1.54, 1.807) is 0 Å². The zero-order chi connectivity index (χ0) is 13.6. The number of fused-ring (bicyclic) bond motifs is 3. The van der Waals surface area contributed by atoms with E-state index in [4.69, 9.17) is 10.7 Å². The second-order valence-electron chi connectivity index (χ2n) is 4.72. The first-order valence-electron chi connectivity index (χ1n) is 6.52. The summed E-state index contributed by atoms with van der Waals surface area (Å²) in [7, 11) is 2.04. The fraction of sp³-hybridized carbons (Fsp3) is 0.357. The monoisotopic (exact) mass is 320 g/mol. The maximum Gasteiger partial charge on any atom is 0.215 e. The first-order chi connectivity index (χ1) is 9.19. The van der Waals surface area contributed by atoms with Gasteiger partial charge in [0.05, 0.1) is 16.7 Å². The van der Waals surface area contributed by atoms with Crippen LogP contribution in [0.25, 0.3) is 16.8 Å². The van der Waals surface area contributed by atoms with Crippen molar-refractivity contribution in [3.05, 3.63) is 34.1 Å². The fourth-order valence-corrected chi connectivity index (χ4v) is 3.46. The molecule has 100 valence electrons. The van der Waals surface area contributed by atoms with E-state index in [-0.39, 0.29) is 0 Å². The van der Waals surface area contributed by atoms with Gasteiger partial charge in [-0.3, -0.25) is 4.40 Å². The standard InChI is InChI=1S/C14H17BrN4/c1-3-9-5-4-6-10-12(9)17-14-18(2)11(7-8-16)13(15)19(10)14/h4-6H,3,7-8,16H2,1-2H3. The van der Waals surface area contributed by atoms with E-state index in [2.05, 4.69) is 50.0 Å². The molecule has 19 heavy (non-hydrogen) atoms. The Kier molecular flexibility index (Phi) is 3.11. The summed E-state index contributed by atoms with van der Waals surface area (Å²) in [5.41, 5.74) is 10.4. The van der Waals surface area contributed by atoms with Crippen molar-refractivity contribution in [3.8, 4) is 0 Å². The number of benzene rings is 1. The Morgan fingerprint density at radius 3 is 2.84 bits per heavy atom. The van der Waals surface area contributed by atoms with Crippen molar-refractivity contribution in [1.82, 2.24) is 14.0 Å². The SMILES string of the molecule is CCc1cccc2c1nc1n(C)c(CCN)c(Br)n21. The number of para-hydroxylation sites is 1. The molecular weight excluding hydrogens is 304 g/mol. The largest absolute Gasteiger partial charge is 0.330 e. The highest BCUT2D eigenvalue weighted by Gasteiger charge is 2.17. The molecule has 0 unspecified atom stereocenters. The predicted molar refractivity (Wildman–Crippen MR) is 81.5 cm³/mol. The van der Waals surface area contributed by atoms with Gasteiger partial charge in [-0.15, -0.1) is 0 Å². The molecule has 0 saturated heterocycles. The molecule has 3 rings (SSSR count). The molecule has 0 bridgehead atoms. The average molecular weight is 321 g/mol. The van der Waals surface area contributed by atoms with Crippen LogP contribution in [0.3, 0.4) is 0 Å². The third kappa shape index (κ3) is 1.72. The van der Waals surface area contributed by atoms with E-state index < -0.39 is 0 Å². The van der Waals surface area contributed by atoms with Gasteiger partial charge < -0.3 is 10.3 Å². The van der Waals surface area contributed by atoms with Crippen LogP contribution in [0.1, 0.15) is 18.2 Å². The van der Waals surface area contributed by atoms with Crippen molar-refractivity contribution in [3.63, 3.8) is 0 Å². The van der Waals surface area contributed by atoms with Gasteiger partial charge in [0.25, 0.3) is 0 Å². The van der Waals surface area contributed by atoms with Crippen LogP contribution in [-0.4, -0.2) is 20.5 Å². The number of rotatable bonds is 3. The molecule has 0 fully saturated rings. The normalized spacial score (nSPS) is 11.8. The fourth-order valence-electron chi connectivity index (χ4n) is 2.64. The third-order valence-corrected chi connectivity index (χ3v) is 4.46. The van der Waals surface area contributed by atoms with Crippen molar-refractivity contribution in [2.24, 2.45) is 12.8 Å². The molecule has 2 heterocycles. The van der Waals surface area contributed by atoms with Gasteiger partial charge in [-0.05, 0) is 40.5 Å². The lowest BCUT2D eigenvalue weighted by Crippen LogP contribution is -2.07. The molecule has 5 heteroatoms. The van der Waals surface area contributed by atoms with Gasteiger partial charge in [0.15, 0.2) is 0 Å². The lowest BCUT2D eigenvalue weighted by molar-refractivity contribution is 0.816. The molecule has 1 aromatic carbocycles. The van der Waals surface area contributed by atoms with Crippen LogP contribution >= 0.6 is 15.9 Å². The van der Waals surface area contributed by atoms with E-state index in [0.29, 0.717) is 6.54 Å². The Labute approximate surface area is 120 Å².